The van der Waals surface area contributed by atoms with Gasteiger partial charge in [-0.15, -0.1) is 0 Å². The third-order valence-corrected chi connectivity index (χ3v) is 4.64. The number of hydrogen-bond acceptors (Lipinski definition) is 5. The molecule has 24 heavy (non-hydrogen) atoms. The van der Waals surface area contributed by atoms with Crippen molar-refractivity contribution in [2.75, 3.05) is 26.2 Å². The van der Waals surface area contributed by atoms with E-state index in [2.05, 4.69) is 47.0 Å². The average molecular weight is 332 g/mol. The molecule has 6 heteroatoms. The quantitative estimate of drug-likeness (QED) is 0.745. The molecule has 2 saturated heterocycles. The maximum atomic E-state index is 12.3. The Hall–Kier alpha value is -1.47. The van der Waals surface area contributed by atoms with E-state index < -0.39 is 0 Å². The number of amides is 1. The normalized spacial score (nSPS) is 31.1. The molecule has 0 radical (unpaired) electrons. The largest absolute Gasteiger partial charge is 0.373 e. The van der Waals surface area contributed by atoms with E-state index >= 15 is 0 Å². The fourth-order valence-corrected chi connectivity index (χ4v) is 3.56. The molecule has 2 fully saturated rings. The second-order valence-electron chi connectivity index (χ2n) is 6.85. The van der Waals surface area contributed by atoms with Crippen molar-refractivity contribution < 1.29 is 9.53 Å². The number of morpholine rings is 1. The molecule has 6 nitrogen and oxygen atoms in total. The van der Waals surface area contributed by atoms with E-state index in [1.54, 1.807) is 0 Å². The molecule has 4 unspecified atom stereocenters. The first-order chi connectivity index (χ1) is 11.6. The molecular weight excluding hydrogens is 304 g/mol. The van der Waals surface area contributed by atoms with Gasteiger partial charge in [0.05, 0.1) is 12.2 Å². The molecule has 1 aromatic carbocycles. The lowest BCUT2D eigenvalue weighted by Crippen LogP contribution is -2.49. The van der Waals surface area contributed by atoms with Crippen LogP contribution in [0, 0.1) is 0 Å². The van der Waals surface area contributed by atoms with Crippen LogP contribution in [0.25, 0.3) is 0 Å². The van der Waals surface area contributed by atoms with Crippen LogP contribution in [0.15, 0.2) is 30.3 Å². The average Bonchev–Trinajstić information content (AvgIpc) is 3.05. The highest BCUT2D eigenvalue weighted by atomic mass is 16.5. The molecule has 0 bridgehead atoms. The van der Waals surface area contributed by atoms with Crippen LogP contribution in [-0.2, 0) is 9.53 Å². The summed E-state index contributed by atoms with van der Waals surface area (Å²) >= 11 is 0. The number of hydrogen-bond donors (Lipinski definition) is 3. The molecule has 4 atom stereocenters. The van der Waals surface area contributed by atoms with E-state index in [4.69, 9.17) is 4.74 Å². The molecule has 0 aliphatic carbocycles. The van der Waals surface area contributed by atoms with Crippen molar-refractivity contribution in [3.8, 4) is 0 Å². The number of carbonyl (C=O) groups is 1. The number of ether oxygens (including phenoxy) is 1. The fourth-order valence-electron chi connectivity index (χ4n) is 3.56. The Morgan fingerprint density at radius 2 is 1.92 bits per heavy atom. The topological polar surface area (TPSA) is 65.6 Å². The number of nitrogens with zero attached hydrogens (tertiary/aromatic N) is 1. The van der Waals surface area contributed by atoms with Crippen LogP contribution in [0.5, 0.6) is 0 Å². The zero-order chi connectivity index (χ0) is 16.9. The minimum Gasteiger partial charge on any atom is -0.373 e. The smallest absolute Gasteiger partial charge is 0.238 e. The van der Waals surface area contributed by atoms with Crippen molar-refractivity contribution >= 4 is 5.91 Å². The molecule has 0 saturated carbocycles. The molecule has 1 amide bonds. The Labute approximate surface area is 143 Å². The summed E-state index contributed by atoms with van der Waals surface area (Å²) in [5.74, 6) is 0.0651. The number of benzene rings is 1. The summed E-state index contributed by atoms with van der Waals surface area (Å²) in [5.41, 5.74) is 7.53. The summed E-state index contributed by atoms with van der Waals surface area (Å²) in [5, 5.41) is 3.05. The standard InChI is InChI=1S/C18H28N4O2/c1-13-11-22(12-14(2)24-13)9-8-19-18(23)17-10-16(20-21-17)15-6-4-3-5-7-15/h3-7,13-14,16-17,20-21H,8-12H2,1-2H3,(H,19,23). The van der Waals surface area contributed by atoms with Gasteiger partial charge in [0, 0.05) is 32.2 Å². The Bertz CT molecular complexity index is 529. The van der Waals surface area contributed by atoms with E-state index in [9.17, 15) is 4.79 Å². The van der Waals surface area contributed by atoms with E-state index in [0.717, 1.165) is 26.1 Å². The Balaban J connectivity index is 1.40. The first-order valence-corrected chi connectivity index (χ1v) is 8.83. The van der Waals surface area contributed by atoms with E-state index in [1.165, 1.54) is 5.56 Å². The van der Waals surface area contributed by atoms with Crippen molar-refractivity contribution in [1.29, 1.82) is 0 Å². The minimum atomic E-state index is -0.183. The lowest BCUT2D eigenvalue weighted by atomic mass is 10.0. The molecule has 3 rings (SSSR count). The van der Waals surface area contributed by atoms with Crippen LogP contribution in [-0.4, -0.2) is 55.2 Å². The summed E-state index contributed by atoms with van der Waals surface area (Å²) in [6, 6.07) is 10.2. The molecule has 2 aliphatic heterocycles. The van der Waals surface area contributed by atoms with Crippen LogP contribution >= 0.6 is 0 Å². The molecule has 132 valence electrons. The first kappa shape index (κ1) is 17.4. The van der Waals surface area contributed by atoms with Gasteiger partial charge in [-0.25, -0.2) is 10.9 Å². The molecule has 1 aromatic rings. The zero-order valence-corrected chi connectivity index (χ0v) is 14.5. The molecule has 2 heterocycles. The summed E-state index contributed by atoms with van der Waals surface area (Å²) in [7, 11) is 0. The van der Waals surface area contributed by atoms with Crippen molar-refractivity contribution in [2.45, 2.75) is 44.6 Å². The van der Waals surface area contributed by atoms with Crippen LogP contribution in [0.4, 0.5) is 0 Å². The van der Waals surface area contributed by atoms with Gasteiger partial charge in [0.1, 0.15) is 6.04 Å². The lowest BCUT2D eigenvalue weighted by molar-refractivity contribution is -0.123. The van der Waals surface area contributed by atoms with Crippen LogP contribution < -0.4 is 16.2 Å². The van der Waals surface area contributed by atoms with E-state index in [1.807, 2.05) is 18.2 Å². The van der Waals surface area contributed by atoms with Gasteiger partial charge in [0.2, 0.25) is 5.91 Å². The molecular formula is C18H28N4O2. The predicted octanol–water partition coefficient (Wildman–Crippen LogP) is 0.820. The number of hydrazine groups is 1. The van der Waals surface area contributed by atoms with E-state index in [0.29, 0.717) is 6.54 Å². The summed E-state index contributed by atoms with van der Waals surface area (Å²) in [4.78, 5) is 14.7. The molecule has 0 spiro atoms. The second-order valence-corrected chi connectivity index (χ2v) is 6.85. The van der Waals surface area contributed by atoms with Gasteiger partial charge >= 0.3 is 0 Å². The minimum absolute atomic E-state index is 0.0651. The van der Waals surface area contributed by atoms with Gasteiger partial charge in [-0.2, -0.15) is 0 Å². The monoisotopic (exact) mass is 332 g/mol. The number of rotatable bonds is 5. The molecule has 3 N–H and O–H groups in total. The fraction of sp³-hybridized carbons (Fsp3) is 0.611. The van der Waals surface area contributed by atoms with Gasteiger partial charge in [0.25, 0.3) is 0 Å². The van der Waals surface area contributed by atoms with Crippen LogP contribution in [0.3, 0.4) is 0 Å². The van der Waals surface area contributed by atoms with Crippen molar-refractivity contribution in [3.05, 3.63) is 35.9 Å². The Morgan fingerprint density at radius 3 is 2.62 bits per heavy atom. The van der Waals surface area contributed by atoms with Gasteiger partial charge in [0.15, 0.2) is 0 Å². The van der Waals surface area contributed by atoms with Gasteiger partial charge in [-0.1, -0.05) is 30.3 Å². The third kappa shape index (κ3) is 4.54. The predicted molar refractivity (Wildman–Crippen MR) is 93.3 cm³/mol. The molecule has 2 aliphatic rings. The summed E-state index contributed by atoms with van der Waals surface area (Å²) < 4.78 is 5.73. The maximum absolute atomic E-state index is 12.3. The number of carbonyl (C=O) groups excluding carboxylic acids is 1. The van der Waals surface area contributed by atoms with E-state index in [-0.39, 0.29) is 30.2 Å². The Morgan fingerprint density at radius 1 is 1.21 bits per heavy atom. The first-order valence-electron chi connectivity index (χ1n) is 8.83. The summed E-state index contributed by atoms with van der Waals surface area (Å²) in [6.07, 6.45) is 1.29. The Kier molecular flexibility index (Phi) is 5.84. The zero-order valence-electron chi connectivity index (χ0n) is 14.5. The SMILES string of the molecule is CC1CN(CCNC(=O)C2CC(c3ccccc3)NN2)CC(C)O1. The molecule has 0 aromatic heterocycles. The van der Waals surface area contributed by atoms with Gasteiger partial charge < -0.3 is 10.1 Å². The maximum Gasteiger partial charge on any atom is 0.238 e. The van der Waals surface area contributed by atoms with Crippen molar-refractivity contribution in [1.82, 2.24) is 21.1 Å². The van der Waals surface area contributed by atoms with Gasteiger partial charge in [-0.3, -0.25) is 9.69 Å². The number of nitrogens with one attached hydrogen (secondary N) is 3. The van der Waals surface area contributed by atoms with Crippen LogP contribution in [0.2, 0.25) is 0 Å². The summed E-state index contributed by atoms with van der Waals surface area (Å²) in [6.45, 7) is 7.59. The third-order valence-electron chi connectivity index (χ3n) is 4.64. The van der Waals surface area contributed by atoms with Crippen molar-refractivity contribution in [2.24, 2.45) is 0 Å². The highest BCUT2D eigenvalue weighted by Gasteiger charge is 2.30. The highest BCUT2D eigenvalue weighted by molar-refractivity contribution is 5.82. The second kappa shape index (κ2) is 8.07. The van der Waals surface area contributed by atoms with Crippen LogP contribution in [0.1, 0.15) is 31.9 Å². The van der Waals surface area contributed by atoms with Gasteiger partial charge in [-0.05, 0) is 25.8 Å². The lowest BCUT2D eigenvalue weighted by Gasteiger charge is -2.35. The van der Waals surface area contributed by atoms with Crippen molar-refractivity contribution in [3.63, 3.8) is 0 Å². The highest BCUT2D eigenvalue weighted by Crippen LogP contribution is 2.21.